The van der Waals surface area contributed by atoms with Crippen molar-refractivity contribution < 1.29 is 19.4 Å². The van der Waals surface area contributed by atoms with Crippen molar-refractivity contribution >= 4 is 11.7 Å². The van der Waals surface area contributed by atoms with Crippen molar-refractivity contribution in [1.29, 1.82) is 5.26 Å². The molecular weight excluding hydrogens is 332 g/mol. The Morgan fingerprint density at radius 1 is 1.23 bits per heavy atom. The highest BCUT2D eigenvalue weighted by Crippen LogP contribution is 2.27. The average Bonchev–Trinajstić information content (AvgIpc) is 2.61. The molecule has 0 saturated carbocycles. The van der Waals surface area contributed by atoms with E-state index in [0.29, 0.717) is 29.2 Å². The van der Waals surface area contributed by atoms with Gasteiger partial charge in [-0.15, -0.1) is 0 Å². The highest BCUT2D eigenvalue weighted by Gasteiger charge is 2.16. The third-order valence-electron chi connectivity index (χ3n) is 3.64. The zero-order chi connectivity index (χ0) is 19.1. The molecule has 26 heavy (non-hydrogen) atoms. The topological polar surface area (TPSA) is 94.4 Å². The first kappa shape index (κ1) is 19.3. The van der Waals surface area contributed by atoms with Gasteiger partial charge >= 0.3 is 0 Å². The fourth-order valence-corrected chi connectivity index (χ4v) is 2.50. The number of methoxy groups -OCH3 is 1. The molecule has 0 aliphatic carbocycles. The van der Waals surface area contributed by atoms with E-state index in [0.717, 1.165) is 5.56 Å². The number of nitrogens with one attached hydrogen (secondary N) is 1. The van der Waals surface area contributed by atoms with E-state index < -0.39 is 12.0 Å². The van der Waals surface area contributed by atoms with Crippen LogP contribution in [0.15, 0.2) is 42.5 Å². The zero-order valence-electron chi connectivity index (χ0n) is 15.0. The number of nitriles is 1. The van der Waals surface area contributed by atoms with Crippen LogP contribution in [0, 0.1) is 11.3 Å². The monoisotopic (exact) mass is 353 g/mol. The summed E-state index contributed by atoms with van der Waals surface area (Å²) in [5, 5.41) is 23.4. The number of carboxylic acid groups (broad SMARTS) is 1. The van der Waals surface area contributed by atoms with E-state index in [-0.39, 0.29) is 6.10 Å². The number of rotatable bonds is 8. The minimum atomic E-state index is -1.25. The summed E-state index contributed by atoms with van der Waals surface area (Å²) in [6, 6.07) is 12.7. The third-order valence-corrected chi connectivity index (χ3v) is 3.64. The molecule has 0 fully saturated rings. The van der Waals surface area contributed by atoms with Gasteiger partial charge in [-0.1, -0.05) is 6.07 Å². The summed E-state index contributed by atoms with van der Waals surface area (Å²) < 4.78 is 10.9. The highest BCUT2D eigenvalue weighted by molar-refractivity contribution is 5.77. The lowest BCUT2D eigenvalue weighted by atomic mass is 10.0. The SMILES string of the molecule is COCc1cc(C(Nc2ccc(C#N)cc2)C(=O)[O-])ccc1OC(C)C. The molecule has 6 heteroatoms. The number of anilines is 1. The number of hydrogen-bond donors (Lipinski definition) is 1. The molecule has 1 atom stereocenters. The Morgan fingerprint density at radius 3 is 2.46 bits per heavy atom. The van der Waals surface area contributed by atoms with Gasteiger partial charge in [0.1, 0.15) is 5.75 Å². The van der Waals surface area contributed by atoms with Crippen molar-refractivity contribution in [3.63, 3.8) is 0 Å². The van der Waals surface area contributed by atoms with Gasteiger partial charge in [-0.25, -0.2) is 0 Å². The van der Waals surface area contributed by atoms with E-state index in [1.165, 1.54) is 0 Å². The van der Waals surface area contributed by atoms with Gasteiger partial charge < -0.3 is 24.7 Å². The molecule has 0 bridgehead atoms. The van der Waals surface area contributed by atoms with Crippen molar-refractivity contribution in [2.24, 2.45) is 0 Å². The molecule has 0 amide bonds. The maximum Gasteiger partial charge on any atom is 0.125 e. The van der Waals surface area contributed by atoms with Crippen LogP contribution in [0.1, 0.15) is 36.6 Å². The molecule has 2 aromatic carbocycles. The largest absolute Gasteiger partial charge is 0.548 e. The van der Waals surface area contributed by atoms with Gasteiger partial charge in [0, 0.05) is 18.4 Å². The lowest BCUT2D eigenvalue weighted by Crippen LogP contribution is -2.34. The lowest BCUT2D eigenvalue weighted by molar-refractivity contribution is -0.307. The Hall–Kier alpha value is -3.04. The summed E-state index contributed by atoms with van der Waals surface area (Å²) in [6.07, 6.45) is -0.00910. The van der Waals surface area contributed by atoms with Crippen LogP contribution >= 0.6 is 0 Å². The lowest BCUT2D eigenvalue weighted by Gasteiger charge is -2.23. The van der Waals surface area contributed by atoms with E-state index in [1.807, 2.05) is 19.9 Å². The molecule has 0 aromatic heterocycles. The molecule has 0 radical (unpaired) electrons. The smallest absolute Gasteiger partial charge is 0.125 e. The van der Waals surface area contributed by atoms with Crippen LogP contribution in [-0.2, 0) is 16.1 Å². The van der Waals surface area contributed by atoms with Gasteiger partial charge in [0.05, 0.1) is 36.4 Å². The van der Waals surface area contributed by atoms with Gasteiger partial charge in [0.15, 0.2) is 0 Å². The molecular formula is C20H21N2O4-. The summed E-state index contributed by atoms with van der Waals surface area (Å²) >= 11 is 0. The summed E-state index contributed by atoms with van der Waals surface area (Å²) in [4.78, 5) is 11.7. The van der Waals surface area contributed by atoms with Crippen molar-refractivity contribution in [2.45, 2.75) is 32.6 Å². The summed E-state index contributed by atoms with van der Waals surface area (Å²) in [5.74, 6) is -0.601. The molecule has 6 nitrogen and oxygen atoms in total. The van der Waals surface area contributed by atoms with E-state index in [4.69, 9.17) is 14.7 Å². The van der Waals surface area contributed by atoms with E-state index in [9.17, 15) is 9.90 Å². The van der Waals surface area contributed by atoms with Gasteiger partial charge in [0.25, 0.3) is 0 Å². The second-order valence-corrected chi connectivity index (χ2v) is 6.05. The Kier molecular flexibility index (Phi) is 6.59. The zero-order valence-corrected chi connectivity index (χ0v) is 15.0. The number of carboxylic acids is 1. The number of nitrogens with zero attached hydrogens (tertiary/aromatic N) is 1. The Bertz CT molecular complexity index is 794. The number of hydrogen-bond acceptors (Lipinski definition) is 6. The number of aliphatic carboxylic acids is 1. The Morgan fingerprint density at radius 2 is 1.92 bits per heavy atom. The van der Waals surface area contributed by atoms with Crippen LogP contribution in [-0.4, -0.2) is 19.2 Å². The first-order chi connectivity index (χ1) is 12.4. The second-order valence-electron chi connectivity index (χ2n) is 6.05. The molecule has 0 aliphatic heterocycles. The molecule has 1 unspecified atom stereocenters. The fraction of sp³-hybridized carbons (Fsp3) is 0.300. The van der Waals surface area contributed by atoms with Crippen LogP contribution in [0.3, 0.4) is 0 Å². The second kappa shape index (κ2) is 8.88. The maximum atomic E-state index is 11.7. The average molecular weight is 353 g/mol. The van der Waals surface area contributed by atoms with E-state index in [2.05, 4.69) is 5.32 Å². The third kappa shape index (κ3) is 4.98. The van der Waals surface area contributed by atoms with Gasteiger partial charge in [-0.05, 0) is 55.8 Å². The number of carbonyl (C=O) groups excluding carboxylic acids is 1. The molecule has 2 aromatic rings. The number of ether oxygens (including phenoxy) is 2. The van der Waals surface area contributed by atoms with Crippen LogP contribution in [0.2, 0.25) is 0 Å². The van der Waals surface area contributed by atoms with E-state index >= 15 is 0 Å². The highest BCUT2D eigenvalue weighted by atomic mass is 16.5. The quantitative estimate of drug-likeness (QED) is 0.783. The van der Waals surface area contributed by atoms with Crippen molar-refractivity contribution in [3.8, 4) is 11.8 Å². The predicted octanol–water partition coefficient (Wildman–Crippen LogP) is 2.39. The first-order valence-corrected chi connectivity index (χ1v) is 8.20. The summed E-state index contributed by atoms with van der Waals surface area (Å²) in [6.45, 7) is 4.13. The van der Waals surface area contributed by atoms with E-state index in [1.54, 1.807) is 49.6 Å². The molecule has 0 heterocycles. The van der Waals surface area contributed by atoms with Crippen LogP contribution in [0.25, 0.3) is 0 Å². The molecule has 0 saturated heterocycles. The van der Waals surface area contributed by atoms with Gasteiger partial charge in [-0.2, -0.15) is 5.26 Å². The summed E-state index contributed by atoms with van der Waals surface area (Å²) in [5.41, 5.74) is 2.36. The molecule has 1 N–H and O–H groups in total. The van der Waals surface area contributed by atoms with Gasteiger partial charge in [0.2, 0.25) is 0 Å². The standard InChI is InChI=1S/C20H22N2O4/c1-13(2)26-18-9-6-15(10-16(18)12-25-3)19(20(23)24)22-17-7-4-14(11-21)5-8-17/h4-10,13,19,22H,12H2,1-3H3,(H,23,24)/p-1. The minimum absolute atomic E-state index is 0.00910. The molecule has 2 rings (SSSR count). The van der Waals surface area contributed by atoms with Crippen molar-refractivity contribution in [2.75, 3.05) is 12.4 Å². The predicted molar refractivity (Wildman–Crippen MR) is 95.4 cm³/mol. The van der Waals surface area contributed by atoms with Gasteiger partial charge in [-0.3, -0.25) is 0 Å². The summed E-state index contributed by atoms with van der Waals surface area (Å²) in [7, 11) is 1.57. The maximum absolute atomic E-state index is 11.7. The Labute approximate surface area is 153 Å². The van der Waals surface area contributed by atoms with Crippen LogP contribution < -0.4 is 15.2 Å². The van der Waals surface area contributed by atoms with Crippen LogP contribution in [0.5, 0.6) is 5.75 Å². The molecule has 136 valence electrons. The first-order valence-electron chi connectivity index (χ1n) is 8.20. The van der Waals surface area contributed by atoms with Crippen LogP contribution in [0.4, 0.5) is 5.69 Å². The normalized spacial score (nSPS) is 11.7. The number of benzene rings is 2. The Balaban J connectivity index is 2.32. The van der Waals surface area contributed by atoms with Crippen molar-refractivity contribution in [3.05, 3.63) is 59.2 Å². The minimum Gasteiger partial charge on any atom is -0.548 e. The fourth-order valence-electron chi connectivity index (χ4n) is 2.50. The van der Waals surface area contributed by atoms with Crippen molar-refractivity contribution in [1.82, 2.24) is 0 Å². The molecule has 0 aliphatic rings. The number of carbonyl (C=O) groups is 1. The molecule has 0 spiro atoms.